The highest BCUT2D eigenvalue weighted by molar-refractivity contribution is 8.01. The number of nitrogens with one attached hydrogen (secondary N) is 3. The number of amides is 3. The Balaban J connectivity index is 1.98. The number of carbonyl (C=O) groups is 2. The number of carbonyl (C=O) groups excluding carboxylic acids is 2. The van der Waals surface area contributed by atoms with E-state index in [1.165, 1.54) is 47.2 Å². The van der Waals surface area contributed by atoms with Gasteiger partial charge in [-0.2, -0.15) is 4.37 Å². The topological polar surface area (TPSA) is 83.1 Å². The highest BCUT2D eigenvalue weighted by atomic mass is 35.5. The minimum Gasteiger partial charge on any atom is -0.297 e. The normalized spacial score (nSPS) is 10.3. The van der Waals surface area contributed by atoms with Crippen molar-refractivity contribution in [3.05, 3.63) is 34.6 Å². The number of aromatic nitrogens is 1. The third kappa shape index (κ3) is 4.53. The minimum absolute atomic E-state index is 0.0862. The Morgan fingerprint density at radius 1 is 1.29 bits per heavy atom. The summed E-state index contributed by atoms with van der Waals surface area (Å²) in [7, 11) is 0. The van der Waals surface area contributed by atoms with Crippen molar-refractivity contribution in [1.29, 1.82) is 0 Å². The van der Waals surface area contributed by atoms with Gasteiger partial charge in [-0.15, -0.1) is 23.5 Å². The molecule has 0 spiro atoms. The van der Waals surface area contributed by atoms with Crippen molar-refractivity contribution in [2.24, 2.45) is 0 Å². The van der Waals surface area contributed by atoms with E-state index < -0.39 is 17.8 Å². The van der Waals surface area contributed by atoms with Crippen LogP contribution in [0, 0.1) is 5.82 Å². The smallest absolute Gasteiger partial charge is 0.297 e. The fraction of sp³-hybridized carbons (Fsp3) is 0.154. The molecule has 0 aliphatic carbocycles. The summed E-state index contributed by atoms with van der Waals surface area (Å²) in [6.45, 7) is 0. The highest BCUT2D eigenvalue weighted by Crippen LogP contribution is 2.32. The zero-order valence-electron chi connectivity index (χ0n) is 12.5. The monoisotopic (exact) mass is 406 g/mol. The standard InChI is InChI=1S/C13H12ClFN4O2S3/c1-22-11-9(12(23-2)24-19-11)10(20)16-13(21)18-17-6-3-4-8(15)7(14)5-6/h3-5,17H,1-2H3,(H2,16,18,20,21). The summed E-state index contributed by atoms with van der Waals surface area (Å²) in [6, 6.07) is 3.09. The molecule has 3 N–H and O–H groups in total. The average molecular weight is 407 g/mol. The quantitative estimate of drug-likeness (QED) is 0.516. The number of urea groups is 1. The van der Waals surface area contributed by atoms with Crippen LogP contribution >= 0.6 is 46.7 Å². The van der Waals surface area contributed by atoms with Crippen LogP contribution in [0.3, 0.4) is 0 Å². The summed E-state index contributed by atoms with van der Waals surface area (Å²) in [6.07, 6.45) is 3.63. The van der Waals surface area contributed by atoms with Gasteiger partial charge in [0.2, 0.25) is 0 Å². The maximum atomic E-state index is 13.1. The third-order valence-electron chi connectivity index (χ3n) is 2.70. The van der Waals surface area contributed by atoms with Crippen molar-refractivity contribution in [3.8, 4) is 0 Å². The van der Waals surface area contributed by atoms with Crippen molar-refractivity contribution >= 4 is 64.3 Å². The van der Waals surface area contributed by atoms with Crippen LogP contribution in [0.5, 0.6) is 0 Å². The van der Waals surface area contributed by atoms with Gasteiger partial charge in [0.25, 0.3) is 5.91 Å². The van der Waals surface area contributed by atoms with Crippen LogP contribution in [0.1, 0.15) is 10.4 Å². The predicted molar refractivity (Wildman–Crippen MR) is 96.7 cm³/mol. The first-order valence-electron chi connectivity index (χ1n) is 6.36. The second-order valence-corrected chi connectivity index (χ2v) is 7.27. The van der Waals surface area contributed by atoms with Crippen LogP contribution in [-0.2, 0) is 0 Å². The molecule has 0 aliphatic heterocycles. The lowest BCUT2D eigenvalue weighted by Gasteiger charge is -2.10. The first-order valence-corrected chi connectivity index (χ1v) is 9.96. The zero-order chi connectivity index (χ0) is 17.7. The Labute approximate surface area is 155 Å². The molecule has 2 aromatic rings. The van der Waals surface area contributed by atoms with E-state index in [0.717, 1.165) is 10.3 Å². The lowest BCUT2D eigenvalue weighted by Crippen LogP contribution is -2.42. The molecule has 11 heteroatoms. The van der Waals surface area contributed by atoms with Gasteiger partial charge in [0.05, 0.1) is 20.5 Å². The maximum Gasteiger partial charge on any atom is 0.340 e. The van der Waals surface area contributed by atoms with E-state index in [-0.39, 0.29) is 5.02 Å². The number of rotatable bonds is 5. The van der Waals surface area contributed by atoms with Crippen LogP contribution in [0.15, 0.2) is 27.4 Å². The van der Waals surface area contributed by atoms with E-state index in [9.17, 15) is 14.0 Å². The SMILES string of the molecule is CSc1nsc(SC)c1C(=O)NC(=O)NNc1ccc(F)c(Cl)c1. The van der Waals surface area contributed by atoms with Crippen molar-refractivity contribution in [2.75, 3.05) is 17.9 Å². The highest BCUT2D eigenvalue weighted by Gasteiger charge is 2.21. The van der Waals surface area contributed by atoms with Gasteiger partial charge in [0.15, 0.2) is 0 Å². The van der Waals surface area contributed by atoms with Crippen LogP contribution < -0.4 is 16.2 Å². The molecule has 2 rings (SSSR count). The van der Waals surface area contributed by atoms with Crippen LogP contribution in [0.2, 0.25) is 5.02 Å². The van der Waals surface area contributed by atoms with Crippen LogP contribution in [-0.4, -0.2) is 28.8 Å². The molecule has 24 heavy (non-hydrogen) atoms. The summed E-state index contributed by atoms with van der Waals surface area (Å²) in [4.78, 5) is 24.1. The van der Waals surface area contributed by atoms with Gasteiger partial charge in [0, 0.05) is 0 Å². The second-order valence-electron chi connectivity index (χ2n) is 4.22. The summed E-state index contributed by atoms with van der Waals surface area (Å²) in [5.74, 6) is -1.12. The first-order chi connectivity index (χ1) is 11.5. The van der Waals surface area contributed by atoms with Gasteiger partial charge in [-0.25, -0.2) is 9.18 Å². The number of imide groups is 1. The predicted octanol–water partition coefficient (Wildman–Crippen LogP) is 3.85. The number of anilines is 1. The largest absolute Gasteiger partial charge is 0.340 e. The van der Waals surface area contributed by atoms with Crippen molar-refractivity contribution in [1.82, 2.24) is 15.1 Å². The molecule has 0 aliphatic rings. The van der Waals surface area contributed by atoms with Crippen LogP contribution in [0.25, 0.3) is 0 Å². The number of benzene rings is 1. The van der Waals surface area contributed by atoms with Gasteiger partial charge in [-0.1, -0.05) is 11.6 Å². The molecule has 0 atom stereocenters. The molecule has 1 heterocycles. The molecule has 0 saturated carbocycles. The Morgan fingerprint density at radius 3 is 2.67 bits per heavy atom. The number of hydrazine groups is 1. The van der Waals surface area contributed by atoms with Gasteiger partial charge in [-0.05, 0) is 42.2 Å². The maximum absolute atomic E-state index is 13.1. The molecule has 3 amide bonds. The fourth-order valence-electron chi connectivity index (χ4n) is 1.63. The number of nitrogens with zero attached hydrogens (tertiary/aromatic N) is 1. The van der Waals surface area contributed by atoms with E-state index in [1.54, 1.807) is 6.26 Å². The second kappa shape index (κ2) is 8.56. The van der Waals surface area contributed by atoms with E-state index in [2.05, 4.69) is 20.5 Å². The zero-order valence-corrected chi connectivity index (χ0v) is 15.7. The summed E-state index contributed by atoms with van der Waals surface area (Å²) in [5.41, 5.74) is 5.56. The van der Waals surface area contributed by atoms with E-state index in [0.29, 0.717) is 16.3 Å². The molecule has 1 aromatic heterocycles. The molecule has 0 fully saturated rings. The molecule has 128 valence electrons. The lowest BCUT2D eigenvalue weighted by molar-refractivity contribution is 0.0959. The number of hydrogen-bond donors (Lipinski definition) is 3. The number of thioether (sulfide) groups is 2. The Bertz CT molecular complexity index is 750. The molecule has 0 bridgehead atoms. The first kappa shape index (κ1) is 18.8. The Kier molecular flexibility index (Phi) is 6.72. The number of halogens is 2. The Hall–Kier alpha value is -1.49. The third-order valence-corrected chi connectivity index (χ3v) is 5.73. The van der Waals surface area contributed by atoms with Gasteiger partial charge < -0.3 is 0 Å². The minimum atomic E-state index is -0.759. The van der Waals surface area contributed by atoms with Gasteiger partial charge in [-0.3, -0.25) is 21.0 Å². The number of hydrogen-bond acceptors (Lipinski definition) is 7. The summed E-state index contributed by atoms with van der Waals surface area (Å²) >= 11 is 9.56. The molecule has 0 saturated heterocycles. The average Bonchev–Trinajstić information content (AvgIpc) is 2.99. The summed E-state index contributed by atoms with van der Waals surface area (Å²) < 4.78 is 18.0. The Morgan fingerprint density at radius 2 is 2.04 bits per heavy atom. The molecule has 1 aromatic carbocycles. The van der Waals surface area contributed by atoms with E-state index in [1.807, 2.05) is 6.26 Å². The molecular formula is C13H12ClFN4O2S3. The van der Waals surface area contributed by atoms with Crippen molar-refractivity contribution in [3.63, 3.8) is 0 Å². The molecular weight excluding hydrogens is 395 g/mol. The van der Waals surface area contributed by atoms with E-state index >= 15 is 0 Å². The van der Waals surface area contributed by atoms with Gasteiger partial charge >= 0.3 is 6.03 Å². The fourth-order valence-corrected chi connectivity index (χ4v) is 4.09. The van der Waals surface area contributed by atoms with Gasteiger partial charge in [0.1, 0.15) is 10.8 Å². The molecule has 6 nitrogen and oxygen atoms in total. The van der Waals surface area contributed by atoms with Crippen LogP contribution in [0.4, 0.5) is 14.9 Å². The van der Waals surface area contributed by atoms with E-state index in [4.69, 9.17) is 11.6 Å². The van der Waals surface area contributed by atoms with Crippen molar-refractivity contribution in [2.45, 2.75) is 9.24 Å². The molecule has 0 unspecified atom stereocenters. The van der Waals surface area contributed by atoms with Crippen molar-refractivity contribution < 1.29 is 14.0 Å². The molecule has 0 radical (unpaired) electrons. The lowest BCUT2D eigenvalue weighted by atomic mass is 10.3. The summed E-state index contributed by atoms with van der Waals surface area (Å²) in [5, 5.41) is 2.69.